The molecule has 2 unspecified atom stereocenters. The second-order valence-corrected chi connectivity index (χ2v) is 7.66. The molecule has 0 spiro atoms. The SMILES string of the molecule is CCNCc1ccccc1S(=O)(=O)N1C(C)CCCC1C. The molecule has 2 rings (SSSR count). The minimum Gasteiger partial charge on any atom is -0.313 e. The molecule has 4 nitrogen and oxygen atoms in total. The van der Waals surface area contributed by atoms with Gasteiger partial charge < -0.3 is 5.32 Å². The first-order valence-electron chi connectivity index (χ1n) is 7.80. The van der Waals surface area contributed by atoms with E-state index in [-0.39, 0.29) is 12.1 Å². The largest absolute Gasteiger partial charge is 0.313 e. The standard InChI is InChI=1S/C16H26N2O2S/c1-4-17-12-15-10-5-6-11-16(15)21(19,20)18-13(2)8-7-9-14(18)3/h5-6,10-11,13-14,17H,4,7-9,12H2,1-3H3. The lowest BCUT2D eigenvalue weighted by Gasteiger charge is -2.38. The fourth-order valence-electron chi connectivity index (χ4n) is 3.15. The summed E-state index contributed by atoms with van der Waals surface area (Å²) in [5.41, 5.74) is 0.851. The Balaban J connectivity index is 2.39. The quantitative estimate of drug-likeness (QED) is 0.910. The summed E-state index contributed by atoms with van der Waals surface area (Å²) in [6.45, 7) is 7.46. The minimum absolute atomic E-state index is 0.0749. The summed E-state index contributed by atoms with van der Waals surface area (Å²) < 4.78 is 27.9. The highest BCUT2D eigenvalue weighted by molar-refractivity contribution is 7.89. The van der Waals surface area contributed by atoms with Crippen molar-refractivity contribution < 1.29 is 8.42 Å². The monoisotopic (exact) mass is 310 g/mol. The van der Waals surface area contributed by atoms with Crippen LogP contribution in [0.3, 0.4) is 0 Å². The zero-order valence-corrected chi connectivity index (χ0v) is 14.0. The average Bonchev–Trinajstić information content (AvgIpc) is 2.45. The van der Waals surface area contributed by atoms with E-state index in [1.54, 1.807) is 10.4 Å². The molecule has 1 aliphatic heterocycles. The van der Waals surface area contributed by atoms with Crippen LogP contribution in [-0.2, 0) is 16.6 Å². The highest BCUT2D eigenvalue weighted by atomic mass is 32.2. The van der Waals surface area contributed by atoms with Crippen molar-refractivity contribution in [3.05, 3.63) is 29.8 Å². The average molecular weight is 310 g/mol. The smallest absolute Gasteiger partial charge is 0.243 e. The highest BCUT2D eigenvalue weighted by Gasteiger charge is 2.36. The van der Waals surface area contributed by atoms with Gasteiger partial charge in [0.25, 0.3) is 0 Å². The number of rotatable bonds is 5. The van der Waals surface area contributed by atoms with Gasteiger partial charge in [0.2, 0.25) is 10.0 Å². The first-order valence-corrected chi connectivity index (χ1v) is 9.24. The molecule has 1 N–H and O–H groups in total. The van der Waals surface area contributed by atoms with Gasteiger partial charge in [-0.05, 0) is 44.9 Å². The fourth-order valence-corrected chi connectivity index (χ4v) is 5.25. The van der Waals surface area contributed by atoms with Crippen LogP contribution in [0.4, 0.5) is 0 Å². The van der Waals surface area contributed by atoms with E-state index in [4.69, 9.17) is 0 Å². The maximum Gasteiger partial charge on any atom is 0.243 e. The van der Waals surface area contributed by atoms with E-state index in [0.29, 0.717) is 11.4 Å². The number of hydrogen-bond donors (Lipinski definition) is 1. The van der Waals surface area contributed by atoms with Gasteiger partial charge in [0.1, 0.15) is 0 Å². The number of nitrogens with one attached hydrogen (secondary N) is 1. The molecule has 0 aromatic heterocycles. The van der Waals surface area contributed by atoms with Gasteiger partial charge in [0.05, 0.1) is 4.90 Å². The fraction of sp³-hybridized carbons (Fsp3) is 0.625. The molecule has 1 aromatic carbocycles. The molecule has 0 aliphatic carbocycles. The molecular weight excluding hydrogens is 284 g/mol. The molecule has 1 aromatic rings. The summed E-state index contributed by atoms with van der Waals surface area (Å²) in [6.07, 6.45) is 2.99. The maximum atomic E-state index is 13.1. The second-order valence-electron chi connectivity index (χ2n) is 5.85. The third kappa shape index (κ3) is 3.47. The third-order valence-corrected chi connectivity index (χ3v) is 6.44. The summed E-state index contributed by atoms with van der Waals surface area (Å²) in [4.78, 5) is 0.451. The van der Waals surface area contributed by atoms with Crippen LogP contribution in [-0.4, -0.2) is 31.4 Å². The molecule has 2 atom stereocenters. The Bertz CT molecular complexity index is 561. The number of nitrogens with zero attached hydrogens (tertiary/aromatic N) is 1. The Hall–Kier alpha value is -0.910. The Morgan fingerprint density at radius 3 is 2.43 bits per heavy atom. The van der Waals surface area contributed by atoms with Crippen molar-refractivity contribution in [1.82, 2.24) is 9.62 Å². The van der Waals surface area contributed by atoms with Gasteiger partial charge in [-0.2, -0.15) is 4.31 Å². The molecule has 1 saturated heterocycles. The first-order chi connectivity index (χ1) is 9.98. The molecule has 5 heteroatoms. The summed E-state index contributed by atoms with van der Waals surface area (Å²) in [7, 11) is -3.43. The number of benzene rings is 1. The molecule has 21 heavy (non-hydrogen) atoms. The summed E-state index contributed by atoms with van der Waals surface area (Å²) in [6, 6.07) is 7.48. The highest BCUT2D eigenvalue weighted by Crippen LogP contribution is 2.30. The van der Waals surface area contributed by atoms with Gasteiger partial charge in [0, 0.05) is 18.6 Å². The van der Waals surface area contributed by atoms with Crippen LogP contribution < -0.4 is 5.32 Å². The second kappa shape index (κ2) is 6.90. The Labute approximate surface area is 128 Å². The van der Waals surface area contributed by atoms with Gasteiger partial charge in [-0.3, -0.25) is 0 Å². The van der Waals surface area contributed by atoms with E-state index in [2.05, 4.69) is 5.32 Å². The molecule has 0 saturated carbocycles. The third-order valence-electron chi connectivity index (χ3n) is 4.21. The van der Waals surface area contributed by atoms with E-state index in [1.807, 2.05) is 39.0 Å². The van der Waals surface area contributed by atoms with Crippen molar-refractivity contribution in [3.63, 3.8) is 0 Å². The first kappa shape index (κ1) is 16.5. The maximum absolute atomic E-state index is 13.1. The molecule has 1 fully saturated rings. The molecule has 0 radical (unpaired) electrons. The lowest BCUT2D eigenvalue weighted by Crippen LogP contribution is -2.47. The Kier molecular flexibility index (Phi) is 5.41. The van der Waals surface area contributed by atoms with Crippen LogP contribution in [0.2, 0.25) is 0 Å². The molecule has 118 valence electrons. The molecule has 0 bridgehead atoms. The minimum atomic E-state index is -3.43. The van der Waals surface area contributed by atoms with Crippen molar-refractivity contribution in [1.29, 1.82) is 0 Å². The van der Waals surface area contributed by atoms with Gasteiger partial charge in [0.15, 0.2) is 0 Å². The predicted octanol–water partition coefficient (Wildman–Crippen LogP) is 2.75. The van der Waals surface area contributed by atoms with Crippen molar-refractivity contribution in [2.24, 2.45) is 0 Å². The van der Waals surface area contributed by atoms with Gasteiger partial charge in [-0.25, -0.2) is 8.42 Å². The van der Waals surface area contributed by atoms with Crippen LogP contribution in [0.15, 0.2) is 29.2 Å². The predicted molar refractivity (Wildman–Crippen MR) is 85.6 cm³/mol. The number of piperidine rings is 1. The summed E-state index contributed by atoms with van der Waals surface area (Å²) in [5, 5.41) is 3.22. The van der Waals surface area contributed by atoms with Crippen LogP contribution in [0.1, 0.15) is 45.6 Å². The van der Waals surface area contributed by atoms with Gasteiger partial charge >= 0.3 is 0 Å². The molecule has 1 aliphatic rings. The Morgan fingerprint density at radius 1 is 1.19 bits per heavy atom. The molecular formula is C16H26N2O2S. The number of hydrogen-bond acceptors (Lipinski definition) is 3. The van der Waals surface area contributed by atoms with Crippen molar-refractivity contribution in [3.8, 4) is 0 Å². The van der Waals surface area contributed by atoms with Crippen molar-refractivity contribution in [2.75, 3.05) is 6.54 Å². The number of sulfonamides is 1. The van der Waals surface area contributed by atoms with E-state index in [0.717, 1.165) is 31.4 Å². The van der Waals surface area contributed by atoms with Gasteiger partial charge in [-0.1, -0.05) is 31.5 Å². The zero-order valence-electron chi connectivity index (χ0n) is 13.2. The lowest BCUT2D eigenvalue weighted by atomic mass is 10.0. The van der Waals surface area contributed by atoms with E-state index >= 15 is 0 Å². The summed E-state index contributed by atoms with van der Waals surface area (Å²) in [5.74, 6) is 0. The van der Waals surface area contributed by atoms with E-state index in [1.165, 1.54) is 0 Å². The topological polar surface area (TPSA) is 49.4 Å². The van der Waals surface area contributed by atoms with Crippen molar-refractivity contribution in [2.45, 2.75) is 63.6 Å². The summed E-state index contributed by atoms with van der Waals surface area (Å²) >= 11 is 0. The van der Waals surface area contributed by atoms with E-state index in [9.17, 15) is 8.42 Å². The zero-order chi connectivity index (χ0) is 15.5. The lowest BCUT2D eigenvalue weighted by molar-refractivity contribution is 0.204. The van der Waals surface area contributed by atoms with Gasteiger partial charge in [-0.15, -0.1) is 0 Å². The van der Waals surface area contributed by atoms with Crippen LogP contribution >= 0.6 is 0 Å². The molecule has 1 heterocycles. The van der Waals surface area contributed by atoms with Crippen LogP contribution in [0.25, 0.3) is 0 Å². The normalized spacial score (nSPS) is 24.1. The van der Waals surface area contributed by atoms with Crippen LogP contribution in [0, 0.1) is 0 Å². The van der Waals surface area contributed by atoms with Crippen molar-refractivity contribution >= 4 is 10.0 Å². The van der Waals surface area contributed by atoms with Crippen LogP contribution in [0.5, 0.6) is 0 Å². The Morgan fingerprint density at radius 2 is 1.81 bits per heavy atom. The molecule has 0 amide bonds. The van der Waals surface area contributed by atoms with E-state index < -0.39 is 10.0 Å².